The third-order valence-corrected chi connectivity index (χ3v) is 2.56. The fourth-order valence-corrected chi connectivity index (χ4v) is 1.52. The minimum absolute atomic E-state index is 0.0391. The standard InChI is InChI=1S/C14H24N4O2/c1-3-8-17-13(19)7-9-16-12-6-5-11(15)14(18-12)20-10-4-2/h5-6H,3-4,7-10,15H2,1-2H3,(H,16,18)(H,17,19). The molecule has 1 amide bonds. The topological polar surface area (TPSA) is 89.3 Å². The molecule has 1 aromatic rings. The van der Waals surface area contributed by atoms with Crippen LogP contribution in [0.25, 0.3) is 0 Å². The Kier molecular flexibility index (Phi) is 7.24. The van der Waals surface area contributed by atoms with E-state index < -0.39 is 0 Å². The Bertz CT molecular complexity index is 424. The summed E-state index contributed by atoms with van der Waals surface area (Å²) < 4.78 is 5.45. The fraction of sp³-hybridized carbons (Fsp3) is 0.571. The molecule has 0 atom stereocenters. The Morgan fingerprint density at radius 1 is 1.30 bits per heavy atom. The molecule has 0 spiro atoms. The van der Waals surface area contributed by atoms with Gasteiger partial charge in [0.2, 0.25) is 11.8 Å². The van der Waals surface area contributed by atoms with Gasteiger partial charge in [-0.1, -0.05) is 13.8 Å². The number of pyridine rings is 1. The lowest BCUT2D eigenvalue weighted by atomic mass is 10.3. The molecule has 112 valence electrons. The number of carbonyl (C=O) groups excluding carboxylic acids is 1. The lowest BCUT2D eigenvalue weighted by molar-refractivity contribution is -0.120. The van der Waals surface area contributed by atoms with Gasteiger partial charge in [-0.05, 0) is 25.0 Å². The van der Waals surface area contributed by atoms with Crippen molar-refractivity contribution in [3.05, 3.63) is 12.1 Å². The van der Waals surface area contributed by atoms with Crippen LogP contribution in [0.1, 0.15) is 33.1 Å². The summed E-state index contributed by atoms with van der Waals surface area (Å²) in [6.45, 7) is 5.87. The molecule has 20 heavy (non-hydrogen) atoms. The van der Waals surface area contributed by atoms with Crippen molar-refractivity contribution in [3.8, 4) is 5.88 Å². The molecule has 0 aliphatic heterocycles. The van der Waals surface area contributed by atoms with Crippen LogP contribution in [0.4, 0.5) is 11.5 Å². The molecule has 0 saturated heterocycles. The van der Waals surface area contributed by atoms with E-state index in [0.717, 1.165) is 12.8 Å². The smallest absolute Gasteiger partial charge is 0.239 e. The third-order valence-electron chi connectivity index (χ3n) is 2.56. The number of nitrogen functional groups attached to an aromatic ring is 1. The van der Waals surface area contributed by atoms with Crippen LogP contribution in [0.3, 0.4) is 0 Å². The van der Waals surface area contributed by atoms with Gasteiger partial charge in [-0.2, -0.15) is 4.98 Å². The monoisotopic (exact) mass is 280 g/mol. The highest BCUT2D eigenvalue weighted by molar-refractivity contribution is 5.76. The van der Waals surface area contributed by atoms with Crippen molar-refractivity contribution >= 4 is 17.4 Å². The van der Waals surface area contributed by atoms with Gasteiger partial charge in [0.15, 0.2) is 0 Å². The molecular weight excluding hydrogens is 256 g/mol. The summed E-state index contributed by atoms with van der Waals surface area (Å²) in [6.07, 6.45) is 2.25. The van der Waals surface area contributed by atoms with Gasteiger partial charge in [-0.25, -0.2) is 0 Å². The molecule has 0 bridgehead atoms. The minimum atomic E-state index is 0.0391. The van der Waals surface area contributed by atoms with Crippen LogP contribution in [-0.4, -0.2) is 30.6 Å². The van der Waals surface area contributed by atoms with E-state index in [4.69, 9.17) is 10.5 Å². The second kappa shape index (κ2) is 9.01. The summed E-state index contributed by atoms with van der Waals surface area (Å²) in [7, 11) is 0. The fourth-order valence-electron chi connectivity index (χ4n) is 1.52. The van der Waals surface area contributed by atoms with Crippen LogP contribution in [0.5, 0.6) is 5.88 Å². The average molecular weight is 280 g/mol. The first kappa shape index (κ1) is 16.1. The van der Waals surface area contributed by atoms with Gasteiger partial charge in [0.05, 0.1) is 12.3 Å². The van der Waals surface area contributed by atoms with Crippen LogP contribution in [0.2, 0.25) is 0 Å². The van der Waals surface area contributed by atoms with Gasteiger partial charge >= 0.3 is 0 Å². The van der Waals surface area contributed by atoms with Crippen LogP contribution in [0, 0.1) is 0 Å². The Morgan fingerprint density at radius 3 is 2.80 bits per heavy atom. The molecule has 0 aliphatic carbocycles. The quantitative estimate of drug-likeness (QED) is 0.641. The highest BCUT2D eigenvalue weighted by Gasteiger charge is 2.05. The molecule has 0 fully saturated rings. The Hall–Kier alpha value is -1.98. The lowest BCUT2D eigenvalue weighted by Gasteiger charge is -2.10. The van der Waals surface area contributed by atoms with E-state index in [1.54, 1.807) is 12.1 Å². The molecular formula is C14H24N4O2. The summed E-state index contributed by atoms with van der Waals surface area (Å²) in [5.41, 5.74) is 6.30. The van der Waals surface area contributed by atoms with Gasteiger partial charge in [0.25, 0.3) is 0 Å². The maximum atomic E-state index is 11.4. The first-order valence-electron chi connectivity index (χ1n) is 7.07. The SMILES string of the molecule is CCCNC(=O)CCNc1ccc(N)c(OCCC)n1. The van der Waals surface area contributed by atoms with E-state index in [1.807, 2.05) is 13.8 Å². The second-order valence-electron chi connectivity index (χ2n) is 4.47. The van der Waals surface area contributed by atoms with Crippen LogP contribution in [0.15, 0.2) is 12.1 Å². The number of anilines is 2. The second-order valence-corrected chi connectivity index (χ2v) is 4.47. The molecule has 6 nitrogen and oxygen atoms in total. The molecule has 0 aromatic carbocycles. The Morgan fingerprint density at radius 2 is 2.10 bits per heavy atom. The zero-order valence-corrected chi connectivity index (χ0v) is 12.2. The largest absolute Gasteiger partial charge is 0.476 e. The van der Waals surface area contributed by atoms with E-state index in [0.29, 0.717) is 43.5 Å². The Balaban J connectivity index is 2.41. The predicted octanol–water partition coefficient (Wildman–Crippen LogP) is 1.78. The van der Waals surface area contributed by atoms with Crippen LogP contribution in [-0.2, 0) is 4.79 Å². The van der Waals surface area contributed by atoms with Gasteiger partial charge in [-0.15, -0.1) is 0 Å². The third kappa shape index (κ3) is 5.77. The number of amides is 1. The van der Waals surface area contributed by atoms with Crippen molar-refractivity contribution in [2.75, 3.05) is 30.7 Å². The number of ether oxygens (including phenoxy) is 1. The Labute approximate surface area is 120 Å². The highest BCUT2D eigenvalue weighted by atomic mass is 16.5. The van der Waals surface area contributed by atoms with E-state index >= 15 is 0 Å². The number of aromatic nitrogens is 1. The molecule has 4 N–H and O–H groups in total. The van der Waals surface area contributed by atoms with Crippen LogP contribution < -0.4 is 21.1 Å². The molecule has 0 radical (unpaired) electrons. The zero-order chi connectivity index (χ0) is 14.8. The summed E-state index contributed by atoms with van der Waals surface area (Å²) >= 11 is 0. The number of carbonyl (C=O) groups is 1. The summed E-state index contributed by atoms with van der Waals surface area (Å²) in [5, 5.41) is 5.91. The number of hydrogen-bond acceptors (Lipinski definition) is 5. The van der Waals surface area contributed by atoms with E-state index in [1.165, 1.54) is 0 Å². The highest BCUT2D eigenvalue weighted by Crippen LogP contribution is 2.20. The average Bonchev–Trinajstić information content (AvgIpc) is 2.45. The molecule has 0 saturated carbocycles. The molecule has 0 aliphatic rings. The van der Waals surface area contributed by atoms with Crippen molar-refractivity contribution in [2.45, 2.75) is 33.1 Å². The number of hydrogen-bond donors (Lipinski definition) is 3. The minimum Gasteiger partial charge on any atom is -0.476 e. The summed E-state index contributed by atoms with van der Waals surface area (Å²) in [6, 6.07) is 3.52. The summed E-state index contributed by atoms with van der Waals surface area (Å²) in [5.74, 6) is 1.14. The van der Waals surface area contributed by atoms with Gasteiger partial charge < -0.3 is 21.1 Å². The maximum absolute atomic E-state index is 11.4. The van der Waals surface area contributed by atoms with E-state index in [2.05, 4.69) is 15.6 Å². The van der Waals surface area contributed by atoms with Crippen LogP contribution >= 0.6 is 0 Å². The summed E-state index contributed by atoms with van der Waals surface area (Å²) in [4.78, 5) is 15.7. The molecule has 1 aromatic heterocycles. The lowest BCUT2D eigenvalue weighted by Crippen LogP contribution is -2.26. The number of nitrogens with zero attached hydrogens (tertiary/aromatic N) is 1. The first-order chi connectivity index (χ1) is 9.67. The molecule has 6 heteroatoms. The van der Waals surface area contributed by atoms with Crippen molar-refractivity contribution < 1.29 is 9.53 Å². The van der Waals surface area contributed by atoms with Crippen molar-refractivity contribution in [3.63, 3.8) is 0 Å². The number of rotatable bonds is 9. The normalized spacial score (nSPS) is 10.1. The number of nitrogens with two attached hydrogens (primary N) is 1. The zero-order valence-electron chi connectivity index (χ0n) is 12.2. The van der Waals surface area contributed by atoms with Gasteiger partial charge in [-0.3, -0.25) is 4.79 Å². The molecule has 1 rings (SSSR count). The van der Waals surface area contributed by atoms with E-state index in [-0.39, 0.29) is 5.91 Å². The van der Waals surface area contributed by atoms with Crippen molar-refractivity contribution in [2.24, 2.45) is 0 Å². The van der Waals surface area contributed by atoms with Crippen molar-refractivity contribution in [1.29, 1.82) is 0 Å². The molecule has 0 unspecified atom stereocenters. The molecule has 1 heterocycles. The van der Waals surface area contributed by atoms with E-state index in [9.17, 15) is 4.79 Å². The predicted molar refractivity (Wildman–Crippen MR) is 80.8 cm³/mol. The first-order valence-corrected chi connectivity index (χ1v) is 7.07. The van der Waals surface area contributed by atoms with Gasteiger partial charge in [0, 0.05) is 19.5 Å². The maximum Gasteiger partial charge on any atom is 0.239 e. The van der Waals surface area contributed by atoms with Crippen molar-refractivity contribution in [1.82, 2.24) is 10.3 Å². The van der Waals surface area contributed by atoms with Gasteiger partial charge in [0.1, 0.15) is 5.82 Å². The number of nitrogens with one attached hydrogen (secondary N) is 2.